The van der Waals surface area contributed by atoms with E-state index < -0.39 is 0 Å². The van der Waals surface area contributed by atoms with Crippen molar-refractivity contribution >= 4 is 17.5 Å². The van der Waals surface area contributed by atoms with Gasteiger partial charge in [0.2, 0.25) is 5.91 Å². The Balaban J connectivity index is 1.32. The van der Waals surface area contributed by atoms with Crippen LogP contribution in [0, 0.1) is 0 Å². The SMILES string of the molecule is CCc1ccccc1NC(=O)CN1CCN(C(=O)c2ccc(=O)n(Cc3ccccc3)n2)CC1. The number of carbonyl (C=O) groups is 2. The van der Waals surface area contributed by atoms with Gasteiger partial charge < -0.3 is 10.2 Å². The lowest BCUT2D eigenvalue weighted by molar-refractivity contribution is -0.117. The molecule has 4 rings (SSSR count). The first-order chi connectivity index (χ1) is 16.5. The highest BCUT2D eigenvalue weighted by molar-refractivity contribution is 5.93. The number of anilines is 1. The van der Waals surface area contributed by atoms with E-state index in [4.69, 9.17) is 0 Å². The predicted octanol–water partition coefficient (Wildman–Crippen LogP) is 2.25. The minimum Gasteiger partial charge on any atom is -0.335 e. The first-order valence-corrected chi connectivity index (χ1v) is 11.5. The Labute approximate surface area is 198 Å². The molecule has 0 unspecified atom stereocenters. The number of rotatable bonds is 7. The normalized spacial score (nSPS) is 14.1. The second kappa shape index (κ2) is 10.9. The van der Waals surface area contributed by atoms with Gasteiger partial charge in [0, 0.05) is 37.9 Å². The van der Waals surface area contributed by atoms with Crippen LogP contribution >= 0.6 is 0 Å². The summed E-state index contributed by atoms with van der Waals surface area (Å²) in [6.45, 7) is 4.83. The zero-order valence-electron chi connectivity index (χ0n) is 19.3. The maximum Gasteiger partial charge on any atom is 0.274 e. The van der Waals surface area contributed by atoms with Crippen molar-refractivity contribution in [1.29, 1.82) is 0 Å². The van der Waals surface area contributed by atoms with Gasteiger partial charge in [0.15, 0.2) is 0 Å². The highest BCUT2D eigenvalue weighted by atomic mass is 16.2. The molecule has 2 heterocycles. The molecule has 8 nitrogen and oxygen atoms in total. The fraction of sp³-hybridized carbons (Fsp3) is 0.308. The first-order valence-electron chi connectivity index (χ1n) is 11.5. The Morgan fingerprint density at radius 1 is 0.912 bits per heavy atom. The molecule has 2 aromatic carbocycles. The van der Waals surface area contributed by atoms with Crippen molar-refractivity contribution in [2.45, 2.75) is 19.9 Å². The number of para-hydroxylation sites is 1. The topological polar surface area (TPSA) is 87.5 Å². The number of amides is 2. The third-order valence-electron chi connectivity index (χ3n) is 5.96. The van der Waals surface area contributed by atoms with Gasteiger partial charge in [-0.1, -0.05) is 55.5 Å². The molecule has 34 heavy (non-hydrogen) atoms. The molecule has 8 heteroatoms. The second-order valence-electron chi connectivity index (χ2n) is 8.33. The molecule has 1 aromatic heterocycles. The van der Waals surface area contributed by atoms with E-state index in [0.717, 1.165) is 23.2 Å². The Hall–Kier alpha value is -3.78. The monoisotopic (exact) mass is 459 g/mol. The Kier molecular flexibility index (Phi) is 7.49. The maximum absolute atomic E-state index is 13.0. The van der Waals surface area contributed by atoms with Gasteiger partial charge in [-0.2, -0.15) is 5.10 Å². The second-order valence-corrected chi connectivity index (χ2v) is 8.33. The molecule has 0 bridgehead atoms. The highest BCUT2D eigenvalue weighted by Crippen LogP contribution is 2.15. The predicted molar refractivity (Wildman–Crippen MR) is 131 cm³/mol. The number of carbonyl (C=O) groups excluding carboxylic acids is 2. The van der Waals surface area contributed by atoms with Crippen molar-refractivity contribution in [3.05, 3.63) is 93.9 Å². The molecule has 0 atom stereocenters. The van der Waals surface area contributed by atoms with E-state index in [-0.39, 0.29) is 29.6 Å². The summed E-state index contributed by atoms with van der Waals surface area (Å²) in [6, 6.07) is 20.2. The van der Waals surface area contributed by atoms with E-state index in [1.807, 2.05) is 59.5 Å². The molecule has 0 spiro atoms. The Bertz CT molecular complexity index is 1200. The molecule has 1 fully saturated rings. The van der Waals surface area contributed by atoms with Gasteiger partial charge in [0.25, 0.3) is 11.5 Å². The third kappa shape index (κ3) is 5.77. The summed E-state index contributed by atoms with van der Waals surface area (Å²) in [5.41, 5.74) is 2.89. The Morgan fingerprint density at radius 2 is 1.62 bits per heavy atom. The number of hydrogen-bond donors (Lipinski definition) is 1. The van der Waals surface area contributed by atoms with Crippen molar-refractivity contribution < 1.29 is 9.59 Å². The smallest absolute Gasteiger partial charge is 0.274 e. The van der Waals surface area contributed by atoms with Crippen molar-refractivity contribution in [3.63, 3.8) is 0 Å². The molecule has 1 aliphatic rings. The van der Waals surface area contributed by atoms with E-state index in [0.29, 0.717) is 32.7 Å². The molecule has 0 aliphatic carbocycles. The van der Waals surface area contributed by atoms with Crippen LogP contribution in [0.15, 0.2) is 71.5 Å². The molecular formula is C26H29N5O3. The number of hydrogen-bond acceptors (Lipinski definition) is 5. The number of piperazine rings is 1. The summed E-state index contributed by atoms with van der Waals surface area (Å²) in [6.07, 6.45) is 0.851. The number of aryl methyl sites for hydroxylation is 1. The molecule has 1 N–H and O–H groups in total. The van der Waals surface area contributed by atoms with Crippen molar-refractivity contribution in [1.82, 2.24) is 19.6 Å². The number of nitrogens with one attached hydrogen (secondary N) is 1. The van der Waals surface area contributed by atoms with E-state index in [2.05, 4.69) is 17.3 Å². The standard InChI is InChI=1S/C26H29N5O3/c1-2-21-10-6-7-11-22(21)27-24(32)19-29-14-16-30(17-15-29)26(34)23-12-13-25(33)31(28-23)18-20-8-4-3-5-9-20/h3-13H,2,14-19H2,1H3,(H,27,32). The number of nitrogens with zero attached hydrogens (tertiary/aromatic N) is 4. The summed E-state index contributed by atoms with van der Waals surface area (Å²) >= 11 is 0. The molecule has 176 valence electrons. The molecule has 3 aromatic rings. The summed E-state index contributed by atoms with van der Waals surface area (Å²) in [5, 5.41) is 7.30. The average molecular weight is 460 g/mol. The lowest BCUT2D eigenvalue weighted by Gasteiger charge is -2.34. The van der Waals surface area contributed by atoms with Crippen molar-refractivity contribution in [2.75, 3.05) is 38.0 Å². The zero-order chi connectivity index (χ0) is 23.9. The molecular weight excluding hydrogens is 430 g/mol. The Morgan fingerprint density at radius 3 is 2.35 bits per heavy atom. The van der Waals surface area contributed by atoms with Crippen LogP contribution in [0.3, 0.4) is 0 Å². The minimum atomic E-state index is -0.249. The van der Waals surface area contributed by atoms with Gasteiger partial charge in [-0.3, -0.25) is 19.3 Å². The van der Waals surface area contributed by atoms with Gasteiger partial charge in [-0.15, -0.1) is 0 Å². The van der Waals surface area contributed by atoms with E-state index >= 15 is 0 Å². The number of aromatic nitrogens is 2. The van der Waals surface area contributed by atoms with E-state index in [1.54, 1.807) is 4.90 Å². The summed E-state index contributed by atoms with van der Waals surface area (Å²) in [5.74, 6) is -0.266. The summed E-state index contributed by atoms with van der Waals surface area (Å²) in [7, 11) is 0. The minimum absolute atomic E-state index is 0.0599. The van der Waals surface area contributed by atoms with Gasteiger partial charge in [0.05, 0.1) is 13.1 Å². The largest absolute Gasteiger partial charge is 0.335 e. The quantitative estimate of drug-likeness (QED) is 0.586. The van der Waals surface area contributed by atoms with Crippen LogP contribution in [-0.2, 0) is 17.8 Å². The van der Waals surface area contributed by atoms with Crippen LogP contribution < -0.4 is 10.9 Å². The van der Waals surface area contributed by atoms with E-state index in [9.17, 15) is 14.4 Å². The number of benzene rings is 2. The van der Waals surface area contributed by atoms with Crippen LogP contribution in [0.25, 0.3) is 0 Å². The molecule has 2 amide bonds. The molecule has 1 saturated heterocycles. The lowest BCUT2D eigenvalue weighted by Crippen LogP contribution is -2.50. The van der Waals surface area contributed by atoms with Crippen LogP contribution in [0.5, 0.6) is 0 Å². The lowest BCUT2D eigenvalue weighted by atomic mass is 10.1. The van der Waals surface area contributed by atoms with Crippen molar-refractivity contribution in [2.24, 2.45) is 0 Å². The molecule has 1 aliphatic heterocycles. The van der Waals surface area contributed by atoms with Crippen LogP contribution in [0.1, 0.15) is 28.5 Å². The maximum atomic E-state index is 13.0. The zero-order valence-corrected chi connectivity index (χ0v) is 19.3. The van der Waals surface area contributed by atoms with Gasteiger partial charge in [0.1, 0.15) is 5.69 Å². The third-order valence-corrected chi connectivity index (χ3v) is 5.96. The molecule has 0 saturated carbocycles. The fourth-order valence-corrected chi connectivity index (χ4v) is 4.05. The fourth-order valence-electron chi connectivity index (χ4n) is 4.05. The van der Waals surface area contributed by atoms with Crippen molar-refractivity contribution in [3.8, 4) is 0 Å². The van der Waals surface area contributed by atoms with Crippen LogP contribution in [-0.4, -0.2) is 64.1 Å². The van der Waals surface area contributed by atoms with Gasteiger partial charge >= 0.3 is 0 Å². The van der Waals surface area contributed by atoms with E-state index in [1.165, 1.54) is 16.8 Å². The summed E-state index contributed by atoms with van der Waals surface area (Å²) < 4.78 is 1.32. The van der Waals surface area contributed by atoms with Crippen LogP contribution in [0.4, 0.5) is 5.69 Å². The average Bonchev–Trinajstić information content (AvgIpc) is 2.86. The van der Waals surface area contributed by atoms with Gasteiger partial charge in [-0.25, -0.2) is 4.68 Å². The highest BCUT2D eigenvalue weighted by Gasteiger charge is 2.24. The van der Waals surface area contributed by atoms with Gasteiger partial charge in [-0.05, 0) is 29.7 Å². The molecule has 0 radical (unpaired) electrons. The first kappa shape index (κ1) is 23.4. The summed E-state index contributed by atoms with van der Waals surface area (Å²) in [4.78, 5) is 41.5. The van der Waals surface area contributed by atoms with Crippen LogP contribution in [0.2, 0.25) is 0 Å².